The monoisotopic (exact) mass is 378 g/mol. The van der Waals surface area contributed by atoms with Crippen LogP contribution in [-0.2, 0) is 16.4 Å². The predicted molar refractivity (Wildman–Crippen MR) is 99.7 cm³/mol. The normalized spacial score (nSPS) is 16.0. The number of hydrogen-bond donors (Lipinski definition) is 1. The molecule has 0 radical (unpaired) electrons. The molecular weight excluding hydrogens is 360 g/mol. The molecule has 0 saturated carbocycles. The van der Waals surface area contributed by atoms with Crippen molar-refractivity contribution in [2.24, 2.45) is 0 Å². The molecule has 0 unspecified atom stereocenters. The zero-order valence-electron chi connectivity index (χ0n) is 13.6. The summed E-state index contributed by atoms with van der Waals surface area (Å²) in [5, 5.41) is 3.54. The van der Waals surface area contributed by atoms with Gasteiger partial charge in [-0.25, -0.2) is 8.42 Å². The summed E-state index contributed by atoms with van der Waals surface area (Å²) in [5.41, 5.74) is 2.17. The van der Waals surface area contributed by atoms with E-state index in [9.17, 15) is 13.2 Å². The SMILES string of the molecule is O=C(NCCc1cccc(Cl)c1)c1ccc(N2CCCS2(=O)=O)cc1. The molecule has 0 bridgehead atoms. The lowest BCUT2D eigenvalue weighted by Gasteiger charge is -2.17. The zero-order chi connectivity index (χ0) is 17.9. The van der Waals surface area contributed by atoms with Gasteiger partial charge in [0.15, 0.2) is 0 Å². The van der Waals surface area contributed by atoms with Gasteiger partial charge in [0, 0.05) is 23.7 Å². The molecule has 25 heavy (non-hydrogen) atoms. The van der Waals surface area contributed by atoms with Crippen LogP contribution in [0.4, 0.5) is 5.69 Å². The van der Waals surface area contributed by atoms with Crippen molar-refractivity contribution in [3.63, 3.8) is 0 Å². The van der Waals surface area contributed by atoms with E-state index in [1.54, 1.807) is 24.3 Å². The van der Waals surface area contributed by atoms with Crippen LogP contribution in [0.5, 0.6) is 0 Å². The van der Waals surface area contributed by atoms with Crippen LogP contribution in [0.3, 0.4) is 0 Å². The maximum Gasteiger partial charge on any atom is 0.251 e. The first-order valence-corrected chi connectivity index (χ1v) is 10.1. The van der Waals surface area contributed by atoms with Gasteiger partial charge in [0.1, 0.15) is 0 Å². The minimum Gasteiger partial charge on any atom is -0.352 e. The van der Waals surface area contributed by atoms with Crippen molar-refractivity contribution >= 4 is 33.2 Å². The molecule has 5 nitrogen and oxygen atoms in total. The van der Waals surface area contributed by atoms with Gasteiger partial charge in [0.25, 0.3) is 5.91 Å². The van der Waals surface area contributed by atoms with Crippen LogP contribution in [0.25, 0.3) is 0 Å². The fourth-order valence-electron chi connectivity index (χ4n) is 2.82. The molecule has 132 valence electrons. The summed E-state index contributed by atoms with van der Waals surface area (Å²) in [6, 6.07) is 14.2. The summed E-state index contributed by atoms with van der Waals surface area (Å²) in [6.07, 6.45) is 1.32. The highest BCUT2D eigenvalue weighted by Crippen LogP contribution is 2.24. The molecule has 1 heterocycles. The molecule has 1 amide bonds. The van der Waals surface area contributed by atoms with Crippen molar-refractivity contribution in [2.75, 3.05) is 23.1 Å². The zero-order valence-corrected chi connectivity index (χ0v) is 15.2. The van der Waals surface area contributed by atoms with Gasteiger partial charge in [0.2, 0.25) is 10.0 Å². The lowest BCUT2D eigenvalue weighted by Crippen LogP contribution is -2.26. The van der Waals surface area contributed by atoms with Crippen LogP contribution in [0.1, 0.15) is 22.3 Å². The predicted octanol–water partition coefficient (Wildman–Crippen LogP) is 2.85. The number of halogens is 1. The fourth-order valence-corrected chi connectivity index (χ4v) is 4.60. The Morgan fingerprint density at radius 2 is 1.92 bits per heavy atom. The molecule has 3 rings (SSSR count). The van der Waals surface area contributed by atoms with Crippen molar-refractivity contribution in [3.8, 4) is 0 Å². The Morgan fingerprint density at radius 3 is 2.56 bits per heavy atom. The lowest BCUT2D eigenvalue weighted by atomic mass is 10.1. The molecular formula is C18H19ClN2O3S. The second-order valence-electron chi connectivity index (χ2n) is 5.92. The Hall–Kier alpha value is -2.05. The highest BCUT2D eigenvalue weighted by molar-refractivity contribution is 7.93. The fraction of sp³-hybridized carbons (Fsp3) is 0.278. The van der Waals surface area contributed by atoms with Crippen molar-refractivity contribution in [1.29, 1.82) is 0 Å². The Labute approximate surface area is 152 Å². The highest BCUT2D eigenvalue weighted by atomic mass is 35.5. The van der Waals surface area contributed by atoms with E-state index in [2.05, 4.69) is 5.32 Å². The molecule has 0 spiro atoms. The Morgan fingerprint density at radius 1 is 1.16 bits per heavy atom. The molecule has 0 aliphatic carbocycles. The molecule has 1 saturated heterocycles. The van der Waals surface area contributed by atoms with Crippen molar-refractivity contribution < 1.29 is 13.2 Å². The first-order valence-electron chi connectivity index (χ1n) is 8.09. The summed E-state index contributed by atoms with van der Waals surface area (Å²) in [6.45, 7) is 0.995. The van der Waals surface area contributed by atoms with Gasteiger partial charge in [-0.15, -0.1) is 0 Å². The Balaban J connectivity index is 1.57. The molecule has 1 aliphatic heterocycles. The number of benzene rings is 2. The van der Waals surface area contributed by atoms with E-state index in [4.69, 9.17) is 11.6 Å². The van der Waals surface area contributed by atoms with Gasteiger partial charge >= 0.3 is 0 Å². The van der Waals surface area contributed by atoms with Crippen LogP contribution in [-0.4, -0.2) is 33.2 Å². The quantitative estimate of drug-likeness (QED) is 0.869. The topological polar surface area (TPSA) is 66.5 Å². The first kappa shape index (κ1) is 17.8. The molecule has 2 aromatic rings. The standard InChI is InChI=1S/C18H19ClN2O3S/c19-16-4-1-3-14(13-16)9-10-20-18(22)15-5-7-17(8-6-15)21-11-2-12-25(21,23)24/h1,3-8,13H,2,9-12H2,(H,20,22). The number of rotatable bonds is 5. The van der Waals surface area contributed by atoms with Crippen LogP contribution in [0.2, 0.25) is 5.02 Å². The number of nitrogens with one attached hydrogen (secondary N) is 1. The smallest absolute Gasteiger partial charge is 0.251 e. The summed E-state index contributed by atoms with van der Waals surface area (Å²) in [7, 11) is -3.20. The van der Waals surface area contributed by atoms with Crippen molar-refractivity contribution in [1.82, 2.24) is 5.32 Å². The average molecular weight is 379 g/mol. The molecule has 7 heteroatoms. The van der Waals surface area contributed by atoms with Gasteiger partial charge in [0.05, 0.1) is 11.4 Å². The number of anilines is 1. The summed E-state index contributed by atoms with van der Waals surface area (Å²) < 4.78 is 25.2. The minimum atomic E-state index is -3.20. The first-order chi connectivity index (χ1) is 12.0. The van der Waals surface area contributed by atoms with Crippen LogP contribution in [0.15, 0.2) is 48.5 Å². The number of sulfonamides is 1. The number of carbonyl (C=O) groups is 1. The third-order valence-corrected chi connectivity index (χ3v) is 6.21. The summed E-state index contributed by atoms with van der Waals surface area (Å²) in [5.74, 6) is -0.00323. The summed E-state index contributed by atoms with van der Waals surface area (Å²) in [4.78, 5) is 12.2. The molecule has 1 fully saturated rings. The summed E-state index contributed by atoms with van der Waals surface area (Å²) >= 11 is 5.94. The van der Waals surface area contributed by atoms with Gasteiger partial charge < -0.3 is 5.32 Å². The van der Waals surface area contributed by atoms with Crippen molar-refractivity contribution in [3.05, 3.63) is 64.7 Å². The maximum atomic E-state index is 12.2. The van der Waals surface area contributed by atoms with Crippen molar-refractivity contribution in [2.45, 2.75) is 12.8 Å². The van der Waals surface area contributed by atoms with E-state index >= 15 is 0 Å². The van der Waals surface area contributed by atoms with Crippen LogP contribution in [0, 0.1) is 0 Å². The van der Waals surface area contributed by atoms with E-state index < -0.39 is 10.0 Å². The second kappa shape index (κ2) is 7.45. The molecule has 1 N–H and O–H groups in total. The van der Waals surface area contributed by atoms with Gasteiger partial charge in [-0.3, -0.25) is 9.10 Å². The van der Waals surface area contributed by atoms with Gasteiger partial charge in [-0.05, 0) is 54.8 Å². The van der Waals surface area contributed by atoms with Crippen LogP contribution < -0.4 is 9.62 Å². The largest absolute Gasteiger partial charge is 0.352 e. The average Bonchev–Trinajstić information content (AvgIpc) is 2.94. The van der Waals surface area contributed by atoms with Gasteiger partial charge in [-0.2, -0.15) is 0 Å². The lowest BCUT2D eigenvalue weighted by molar-refractivity contribution is 0.0954. The highest BCUT2D eigenvalue weighted by Gasteiger charge is 2.28. The van der Waals surface area contributed by atoms with Crippen LogP contribution >= 0.6 is 11.6 Å². The third kappa shape index (κ3) is 4.32. The third-order valence-electron chi connectivity index (χ3n) is 4.11. The number of hydrogen-bond acceptors (Lipinski definition) is 3. The van der Waals surface area contributed by atoms with E-state index in [1.807, 2.05) is 24.3 Å². The maximum absolute atomic E-state index is 12.2. The Bertz CT molecular complexity index is 866. The molecule has 0 aromatic heterocycles. The molecule has 1 aliphatic rings. The number of nitrogens with zero attached hydrogens (tertiary/aromatic N) is 1. The number of amides is 1. The Kier molecular flexibility index (Phi) is 5.30. The van der Waals surface area contributed by atoms with E-state index in [0.717, 1.165) is 5.56 Å². The van der Waals surface area contributed by atoms with E-state index in [1.165, 1.54) is 4.31 Å². The van der Waals surface area contributed by atoms with E-state index in [0.29, 0.717) is 42.2 Å². The molecule has 0 atom stereocenters. The minimum absolute atomic E-state index is 0.179. The number of carbonyl (C=O) groups excluding carboxylic acids is 1. The second-order valence-corrected chi connectivity index (χ2v) is 8.37. The molecule has 2 aromatic carbocycles. The van der Waals surface area contributed by atoms with Gasteiger partial charge in [-0.1, -0.05) is 23.7 Å². The van der Waals surface area contributed by atoms with E-state index in [-0.39, 0.29) is 11.7 Å².